The second-order valence-corrected chi connectivity index (χ2v) is 7.71. The number of halogens is 2. The standard InChI is InChI=1S/C16H16F2O2S/c1-11(2)21(19,20)16(12-3-7-14(17)8-4-12)13-5-9-15(18)10-6-13/h3-11,16H,1-2H3. The van der Waals surface area contributed by atoms with E-state index in [1.165, 1.54) is 48.5 Å². The minimum atomic E-state index is -3.52. The second-order valence-electron chi connectivity index (χ2n) is 5.12. The van der Waals surface area contributed by atoms with Crippen LogP contribution in [0.5, 0.6) is 0 Å². The molecule has 0 radical (unpaired) electrons. The first kappa shape index (κ1) is 15.6. The molecule has 0 atom stereocenters. The molecule has 0 aromatic heterocycles. The van der Waals surface area contributed by atoms with Crippen molar-refractivity contribution in [3.05, 3.63) is 71.3 Å². The van der Waals surface area contributed by atoms with Crippen molar-refractivity contribution < 1.29 is 17.2 Å². The van der Waals surface area contributed by atoms with E-state index in [2.05, 4.69) is 0 Å². The highest BCUT2D eigenvalue weighted by Gasteiger charge is 2.31. The van der Waals surface area contributed by atoms with Gasteiger partial charge in [0.1, 0.15) is 16.9 Å². The number of rotatable bonds is 4. The van der Waals surface area contributed by atoms with E-state index in [4.69, 9.17) is 0 Å². The Labute approximate surface area is 123 Å². The molecule has 2 aromatic carbocycles. The molecular weight excluding hydrogens is 294 g/mol. The number of benzene rings is 2. The van der Waals surface area contributed by atoms with Crippen LogP contribution in [0.1, 0.15) is 30.2 Å². The highest BCUT2D eigenvalue weighted by atomic mass is 32.2. The SMILES string of the molecule is CC(C)S(=O)(=O)C(c1ccc(F)cc1)c1ccc(F)cc1. The van der Waals surface area contributed by atoms with Gasteiger partial charge in [-0.25, -0.2) is 17.2 Å². The van der Waals surface area contributed by atoms with Crippen molar-refractivity contribution in [2.24, 2.45) is 0 Å². The Hall–Kier alpha value is -1.75. The summed E-state index contributed by atoms with van der Waals surface area (Å²) in [7, 11) is -3.52. The summed E-state index contributed by atoms with van der Waals surface area (Å²) in [5.74, 6) is -0.864. The van der Waals surface area contributed by atoms with Crippen LogP contribution in [0.3, 0.4) is 0 Å². The van der Waals surface area contributed by atoms with Gasteiger partial charge in [0, 0.05) is 0 Å². The molecule has 0 bridgehead atoms. The molecule has 21 heavy (non-hydrogen) atoms. The van der Waals surface area contributed by atoms with Gasteiger partial charge in [0.15, 0.2) is 9.84 Å². The fourth-order valence-electron chi connectivity index (χ4n) is 2.12. The first-order valence-corrected chi connectivity index (χ1v) is 8.17. The highest BCUT2D eigenvalue weighted by Crippen LogP contribution is 2.33. The second kappa shape index (κ2) is 5.93. The molecule has 0 fully saturated rings. The molecule has 2 rings (SSSR count). The zero-order valence-corrected chi connectivity index (χ0v) is 12.6. The maximum atomic E-state index is 13.1. The Morgan fingerprint density at radius 2 is 1.10 bits per heavy atom. The van der Waals surface area contributed by atoms with Crippen molar-refractivity contribution in [3.8, 4) is 0 Å². The van der Waals surface area contributed by atoms with Gasteiger partial charge in [-0.3, -0.25) is 0 Å². The van der Waals surface area contributed by atoms with E-state index in [0.29, 0.717) is 11.1 Å². The molecule has 0 aliphatic heterocycles. The van der Waals surface area contributed by atoms with Crippen LogP contribution >= 0.6 is 0 Å². The number of hydrogen-bond donors (Lipinski definition) is 0. The third-order valence-electron chi connectivity index (χ3n) is 3.33. The van der Waals surface area contributed by atoms with Gasteiger partial charge in [0.05, 0.1) is 5.25 Å². The molecule has 0 N–H and O–H groups in total. The highest BCUT2D eigenvalue weighted by molar-refractivity contribution is 7.92. The predicted octanol–water partition coefficient (Wildman–Crippen LogP) is 3.88. The van der Waals surface area contributed by atoms with Crippen molar-refractivity contribution in [2.75, 3.05) is 0 Å². The van der Waals surface area contributed by atoms with Crippen LogP contribution in [0.2, 0.25) is 0 Å². The van der Waals surface area contributed by atoms with Crippen LogP contribution < -0.4 is 0 Å². The Morgan fingerprint density at radius 3 is 1.38 bits per heavy atom. The fraction of sp³-hybridized carbons (Fsp3) is 0.250. The third kappa shape index (κ3) is 3.29. The average Bonchev–Trinajstić information content (AvgIpc) is 2.43. The summed E-state index contributed by atoms with van der Waals surface area (Å²) >= 11 is 0. The van der Waals surface area contributed by atoms with E-state index >= 15 is 0 Å². The summed E-state index contributed by atoms with van der Waals surface area (Å²) < 4.78 is 51.4. The van der Waals surface area contributed by atoms with Crippen LogP contribution in [0, 0.1) is 11.6 Å². The smallest absolute Gasteiger partial charge is 0.163 e. The van der Waals surface area contributed by atoms with Gasteiger partial charge in [0.25, 0.3) is 0 Å². The Morgan fingerprint density at radius 1 is 0.762 bits per heavy atom. The first-order valence-electron chi connectivity index (χ1n) is 6.56. The summed E-state index contributed by atoms with van der Waals surface area (Å²) in [6.45, 7) is 3.19. The van der Waals surface area contributed by atoms with Crippen LogP contribution in [0.15, 0.2) is 48.5 Å². The molecule has 0 spiro atoms. The lowest BCUT2D eigenvalue weighted by Crippen LogP contribution is -2.23. The summed E-state index contributed by atoms with van der Waals surface area (Å²) in [5, 5.41) is -1.53. The molecule has 112 valence electrons. The summed E-state index contributed by atoms with van der Waals surface area (Å²) in [6.07, 6.45) is 0. The van der Waals surface area contributed by atoms with Crippen LogP contribution in [0.25, 0.3) is 0 Å². The predicted molar refractivity (Wildman–Crippen MR) is 78.7 cm³/mol. The fourth-order valence-corrected chi connectivity index (χ4v) is 3.74. The molecule has 5 heteroatoms. The van der Waals surface area contributed by atoms with E-state index < -0.39 is 32.0 Å². The van der Waals surface area contributed by atoms with E-state index in [9.17, 15) is 17.2 Å². The molecule has 0 saturated carbocycles. The van der Waals surface area contributed by atoms with Gasteiger partial charge in [-0.15, -0.1) is 0 Å². The maximum Gasteiger partial charge on any atom is 0.163 e. The lowest BCUT2D eigenvalue weighted by Gasteiger charge is -2.21. The summed E-state index contributed by atoms with van der Waals surface area (Å²) in [5.41, 5.74) is 0.938. The molecule has 0 unspecified atom stereocenters. The zero-order valence-electron chi connectivity index (χ0n) is 11.8. The Kier molecular flexibility index (Phi) is 4.42. The molecule has 0 saturated heterocycles. The van der Waals surface area contributed by atoms with E-state index in [1.807, 2.05) is 0 Å². The van der Waals surface area contributed by atoms with Gasteiger partial charge in [0.2, 0.25) is 0 Å². The van der Waals surface area contributed by atoms with Crippen LogP contribution in [-0.2, 0) is 9.84 Å². The lowest BCUT2D eigenvalue weighted by atomic mass is 10.0. The molecule has 2 nitrogen and oxygen atoms in total. The van der Waals surface area contributed by atoms with Crippen LogP contribution in [0.4, 0.5) is 8.78 Å². The van der Waals surface area contributed by atoms with E-state index in [-0.39, 0.29) is 0 Å². The normalized spacial score (nSPS) is 12.1. The van der Waals surface area contributed by atoms with Gasteiger partial charge in [-0.1, -0.05) is 24.3 Å². The molecule has 0 amide bonds. The Balaban J connectivity index is 2.60. The Bertz CT molecular complexity index is 659. The largest absolute Gasteiger partial charge is 0.228 e. The van der Waals surface area contributed by atoms with E-state index in [1.54, 1.807) is 13.8 Å². The zero-order chi connectivity index (χ0) is 15.6. The minimum absolute atomic E-state index is 0.432. The van der Waals surface area contributed by atoms with Gasteiger partial charge in [-0.05, 0) is 49.2 Å². The van der Waals surface area contributed by atoms with E-state index in [0.717, 1.165) is 0 Å². The van der Waals surface area contributed by atoms with Crippen LogP contribution in [-0.4, -0.2) is 13.7 Å². The lowest BCUT2D eigenvalue weighted by molar-refractivity contribution is 0.579. The van der Waals surface area contributed by atoms with Crippen molar-refractivity contribution in [1.82, 2.24) is 0 Å². The van der Waals surface area contributed by atoms with Crippen molar-refractivity contribution in [3.63, 3.8) is 0 Å². The number of hydrogen-bond acceptors (Lipinski definition) is 2. The molecule has 2 aromatic rings. The number of sulfone groups is 1. The molecule has 0 heterocycles. The van der Waals surface area contributed by atoms with Gasteiger partial charge in [-0.2, -0.15) is 0 Å². The molecule has 0 aliphatic carbocycles. The molecule has 0 aliphatic rings. The first-order chi connectivity index (χ1) is 9.82. The van der Waals surface area contributed by atoms with Gasteiger partial charge >= 0.3 is 0 Å². The average molecular weight is 310 g/mol. The quantitative estimate of drug-likeness (QED) is 0.859. The topological polar surface area (TPSA) is 34.1 Å². The van der Waals surface area contributed by atoms with Crippen molar-refractivity contribution in [2.45, 2.75) is 24.3 Å². The van der Waals surface area contributed by atoms with Crippen molar-refractivity contribution >= 4 is 9.84 Å². The van der Waals surface area contributed by atoms with Crippen molar-refractivity contribution in [1.29, 1.82) is 0 Å². The minimum Gasteiger partial charge on any atom is -0.228 e. The summed E-state index contributed by atoms with van der Waals surface area (Å²) in [4.78, 5) is 0. The third-order valence-corrected chi connectivity index (χ3v) is 5.85. The molecular formula is C16H16F2O2S. The van der Waals surface area contributed by atoms with Gasteiger partial charge < -0.3 is 0 Å². The summed E-state index contributed by atoms with van der Waals surface area (Å²) in [6, 6.07) is 10.7. The maximum absolute atomic E-state index is 13.1. The monoisotopic (exact) mass is 310 g/mol.